The number of nitrogens with one attached hydrogen (secondary N) is 1. The van der Waals surface area contributed by atoms with Crippen molar-refractivity contribution >= 4 is 34.1 Å². The van der Waals surface area contributed by atoms with Crippen molar-refractivity contribution in [3.05, 3.63) is 60.8 Å². The van der Waals surface area contributed by atoms with Crippen LogP contribution in [0.25, 0.3) is 10.9 Å². The summed E-state index contributed by atoms with van der Waals surface area (Å²) >= 11 is 0. The molecule has 0 aliphatic carbocycles. The third-order valence-electron chi connectivity index (χ3n) is 4.11. The van der Waals surface area contributed by atoms with E-state index in [-0.39, 0.29) is 24.5 Å². The Labute approximate surface area is 164 Å². The number of para-hydroxylation sites is 3. The fraction of sp³-hybridized carbons (Fsp3) is 0.227. The molecule has 1 aromatic heterocycles. The molecule has 2 aromatic carbocycles. The standard InChI is InChI=1S/C22H23N3O3/c1-15(2)28-20-12-5-4-11-19(20)25(16(3)26)14-21(27)24-18-10-6-8-17-9-7-13-23-22(17)18/h4-13,15H,14H2,1-3H3,(H,24,27). The fourth-order valence-corrected chi connectivity index (χ4v) is 2.94. The number of hydrogen-bond acceptors (Lipinski definition) is 4. The lowest BCUT2D eigenvalue weighted by Crippen LogP contribution is -2.37. The van der Waals surface area contributed by atoms with E-state index in [1.807, 2.05) is 50.2 Å². The Kier molecular flexibility index (Phi) is 5.89. The molecule has 3 aromatic rings. The monoisotopic (exact) mass is 377 g/mol. The second-order valence-electron chi connectivity index (χ2n) is 6.67. The zero-order chi connectivity index (χ0) is 20.1. The molecule has 1 heterocycles. The van der Waals surface area contributed by atoms with Crippen LogP contribution < -0.4 is 15.0 Å². The van der Waals surface area contributed by atoms with Gasteiger partial charge in [-0.05, 0) is 38.1 Å². The molecule has 0 spiro atoms. The lowest BCUT2D eigenvalue weighted by atomic mass is 10.2. The van der Waals surface area contributed by atoms with Crippen molar-refractivity contribution < 1.29 is 14.3 Å². The van der Waals surface area contributed by atoms with Crippen molar-refractivity contribution in [1.29, 1.82) is 0 Å². The molecule has 28 heavy (non-hydrogen) atoms. The Morgan fingerprint density at radius 1 is 1.07 bits per heavy atom. The smallest absolute Gasteiger partial charge is 0.244 e. The van der Waals surface area contributed by atoms with Gasteiger partial charge in [0.1, 0.15) is 12.3 Å². The van der Waals surface area contributed by atoms with E-state index < -0.39 is 0 Å². The zero-order valence-electron chi connectivity index (χ0n) is 16.2. The van der Waals surface area contributed by atoms with Gasteiger partial charge in [-0.2, -0.15) is 0 Å². The van der Waals surface area contributed by atoms with Crippen LogP contribution in [0, 0.1) is 0 Å². The minimum Gasteiger partial charge on any atom is -0.489 e. The molecule has 0 aliphatic heterocycles. The molecule has 144 valence electrons. The Morgan fingerprint density at radius 2 is 1.82 bits per heavy atom. The highest BCUT2D eigenvalue weighted by atomic mass is 16.5. The molecule has 2 amide bonds. The van der Waals surface area contributed by atoms with Crippen LogP contribution in [-0.2, 0) is 9.59 Å². The predicted molar refractivity (Wildman–Crippen MR) is 111 cm³/mol. The number of carbonyl (C=O) groups excluding carboxylic acids is 2. The van der Waals surface area contributed by atoms with Gasteiger partial charge in [0.15, 0.2) is 0 Å². The van der Waals surface area contributed by atoms with Gasteiger partial charge in [-0.25, -0.2) is 0 Å². The van der Waals surface area contributed by atoms with E-state index in [1.165, 1.54) is 11.8 Å². The predicted octanol–water partition coefficient (Wildman–Crippen LogP) is 4.01. The van der Waals surface area contributed by atoms with Gasteiger partial charge >= 0.3 is 0 Å². The minimum atomic E-state index is -0.312. The number of ether oxygens (including phenoxy) is 1. The van der Waals surface area contributed by atoms with Gasteiger partial charge in [0, 0.05) is 18.5 Å². The average Bonchev–Trinajstić information content (AvgIpc) is 2.66. The quantitative estimate of drug-likeness (QED) is 0.704. The van der Waals surface area contributed by atoms with E-state index in [4.69, 9.17) is 4.74 Å². The number of benzene rings is 2. The van der Waals surface area contributed by atoms with E-state index in [9.17, 15) is 9.59 Å². The highest BCUT2D eigenvalue weighted by Gasteiger charge is 2.20. The van der Waals surface area contributed by atoms with Crippen LogP contribution in [0.4, 0.5) is 11.4 Å². The van der Waals surface area contributed by atoms with Crippen LogP contribution >= 0.6 is 0 Å². The third-order valence-corrected chi connectivity index (χ3v) is 4.11. The minimum absolute atomic E-state index is 0.0504. The first-order chi connectivity index (χ1) is 13.5. The van der Waals surface area contributed by atoms with Crippen molar-refractivity contribution in [2.45, 2.75) is 26.9 Å². The second kappa shape index (κ2) is 8.52. The highest BCUT2D eigenvalue weighted by molar-refractivity contribution is 6.05. The molecule has 1 N–H and O–H groups in total. The Hall–Kier alpha value is -3.41. The van der Waals surface area contributed by atoms with Gasteiger partial charge in [-0.3, -0.25) is 19.5 Å². The van der Waals surface area contributed by atoms with Crippen molar-refractivity contribution in [1.82, 2.24) is 4.98 Å². The topological polar surface area (TPSA) is 71.5 Å². The molecule has 0 radical (unpaired) electrons. The summed E-state index contributed by atoms with van der Waals surface area (Å²) in [5.41, 5.74) is 1.88. The summed E-state index contributed by atoms with van der Waals surface area (Å²) in [6.45, 7) is 5.13. The molecular weight excluding hydrogens is 354 g/mol. The van der Waals surface area contributed by atoms with Gasteiger partial charge in [0.2, 0.25) is 11.8 Å². The van der Waals surface area contributed by atoms with Crippen LogP contribution in [-0.4, -0.2) is 29.4 Å². The van der Waals surface area contributed by atoms with Crippen LogP contribution in [0.5, 0.6) is 5.75 Å². The van der Waals surface area contributed by atoms with Gasteiger partial charge in [0.25, 0.3) is 0 Å². The van der Waals surface area contributed by atoms with Gasteiger partial charge < -0.3 is 10.1 Å². The number of nitrogens with zero attached hydrogens (tertiary/aromatic N) is 2. The van der Waals surface area contributed by atoms with Gasteiger partial charge in [0.05, 0.1) is 23.0 Å². The van der Waals surface area contributed by atoms with Crippen molar-refractivity contribution in [2.24, 2.45) is 0 Å². The first-order valence-corrected chi connectivity index (χ1v) is 9.13. The SMILES string of the molecule is CC(=O)N(CC(=O)Nc1cccc2cccnc12)c1ccccc1OC(C)C. The molecule has 0 fully saturated rings. The van der Waals surface area contributed by atoms with E-state index in [1.54, 1.807) is 24.4 Å². The van der Waals surface area contributed by atoms with E-state index in [2.05, 4.69) is 10.3 Å². The van der Waals surface area contributed by atoms with Gasteiger partial charge in [-0.15, -0.1) is 0 Å². The van der Waals surface area contributed by atoms with Crippen molar-refractivity contribution in [3.63, 3.8) is 0 Å². The summed E-state index contributed by atoms with van der Waals surface area (Å²) in [7, 11) is 0. The van der Waals surface area contributed by atoms with Crippen LogP contribution in [0.2, 0.25) is 0 Å². The molecule has 6 nitrogen and oxygen atoms in total. The lowest BCUT2D eigenvalue weighted by molar-refractivity contribution is -0.120. The molecule has 0 aliphatic rings. The van der Waals surface area contributed by atoms with Gasteiger partial charge in [-0.1, -0.05) is 30.3 Å². The number of carbonyl (C=O) groups is 2. The van der Waals surface area contributed by atoms with Crippen LogP contribution in [0.15, 0.2) is 60.8 Å². The fourth-order valence-electron chi connectivity index (χ4n) is 2.94. The summed E-state index contributed by atoms with van der Waals surface area (Å²) in [5, 5.41) is 3.79. The number of rotatable bonds is 6. The molecule has 0 unspecified atom stereocenters. The third kappa shape index (κ3) is 4.46. The number of hydrogen-bond donors (Lipinski definition) is 1. The Bertz CT molecular complexity index is 996. The molecule has 0 bridgehead atoms. The number of anilines is 2. The molecule has 0 saturated heterocycles. The summed E-state index contributed by atoms with van der Waals surface area (Å²) in [6, 6.07) is 16.6. The summed E-state index contributed by atoms with van der Waals surface area (Å²) in [5.74, 6) is 0.00558. The zero-order valence-corrected chi connectivity index (χ0v) is 16.2. The molecule has 6 heteroatoms. The summed E-state index contributed by atoms with van der Waals surface area (Å²) in [6.07, 6.45) is 1.63. The van der Waals surface area contributed by atoms with E-state index >= 15 is 0 Å². The normalized spacial score (nSPS) is 10.7. The summed E-state index contributed by atoms with van der Waals surface area (Å²) in [4.78, 5) is 30.7. The number of fused-ring (bicyclic) bond motifs is 1. The Balaban J connectivity index is 1.83. The second-order valence-corrected chi connectivity index (χ2v) is 6.67. The van der Waals surface area contributed by atoms with E-state index in [0.717, 1.165) is 5.39 Å². The first kappa shape index (κ1) is 19.4. The number of aromatic nitrogens is 1. The lowest BCUT2D eigenvalue weighted by Gasteiger charge is -2.24. The largest absolute Gasteiger partial charge is 0.489 e. The van der Waals surface area contributed by atoms with Crippen LogP contribution in [0.1, 0.15) is 20.8 Å². The van der Waals surface area contributed by atoms with Crippen molar-refractivity contribution in [2.75, 3.05) is 16.8 Å². The maximum absolute atomic E-state index is 12.7. The molecule has 0 atom stereocenters. The van der Waals surface area contributed by atoms with Crippen LogP contribution in [0.3, 0.4) is 0 Å². The van der Waals surface area contributed by atoms with E-state index in [0.29, 0.717) is 22.6 Å². The molecule has 3 rings (SSSR count). The highest BCUT2D eigenvalue weighted by Crippen LogP contribution is 2.29. The first-order valence-electron chi connectivity index (χ1n) is 9.13. The molecular formula is C22H23N3O3. The molecule has 0 saturated carbocycles. The maximum Gasteiger partial charge on any atom is 0.244 e. The summed E-state index contributed by atoms with van der Waals surface area (Å²) < 4.78 is 5.80. The number of amides is 2. The maximum atomic E-state index is 12.7. The number of pyridine rings is 1. The average molecular weight is 377 g/mol. The van der Waals surface area contributed by atoms with Crippen molar-refractivity contribution in [3.8, 4) is 5.75 Å². The Morgan fingerprint density at radius 3 is 2.57 bits per heavy atom.